The third-order valence-electron chi connectivity index (χ3n) is 5.76. The van der Waals surface area contributed by atoms with Crippen LogP contribution in [0, 0.1) is 12.8 Å². The lowest BCUT2D eigenvalue weighted by Gasteiger charge is -2.14. The molecular formula is C26H29N7O2. The number of hydrogen-bond acceptors (Lipinski definition) is 6. The highest BCUT2D eigenvalue weighted by Crippen LogP contribution is 2.39. The van der Waals surface area contributed by atoms with Crippen molar-refractivity contribution in [2.75, 3.05) is 18.4 Å². The molecular weight excluding hydrogens is 442 g/mol. The Balaban J connectivity index is 0.000000157. The van der Waals surface area contributed by atoms with Crippen molar-refractivity contribution in [1.82, 2.24) is 29.7 Å². The van der Waals surface area contributed by atoms with Crippen LogP contribution in [0.15, 0.2) is 61.1 Å². The van der Waals surface area contributed by atoms with E-state index < -0.39 is 0 Å². The number of carbonyl (C=O) groups excluding carboxylic acids is 1. The van der Waals surface area contributed by atoms with Crippen LogP contribution in [-0.4, -0.2) is 48.9 Å². The minimum atomic E-state index is -0.184. The molecule has 180 valence electrons. The molecule has 1 saturated heterocycles. The molecule has 9 nitrogen and oxygen atoms in total. The van der Waals surface area contributed by atoms with Crippen LogP contribution in [0.25, 0.3) is 5.52 Å². The summed E-state index contributed by atoms with van der Waals surface area (Å²) in [5, 5.41) is 14.7. The van der Waals surface area contributed by atoms with Crippen LogP contribution in [0.3, 0.4) is 0 Å². The fraction of sp³-hybridized carbons (Fsp3) is 0.308. The summed E-state index contributed by atoms with van der Waals surface area (Å²) in [5.74, 6) is 2.24. The molecule has 1 amide bonds. The topological polar surface area (TPSA) is 100 Å². The smallest absolute Gasteiger partial charge is 0.410 e. The summed E-state index contributed by atoms with van der Waals surface area (Å²) in [4.78, 5) is 17.5. The SMILES string of the molecule is C#C.O=C(OCc1ccccc1)N1CCCC1.c1cc2c(Nc3cc(C4CC4)[nH]n3)ncnn2c1. The highest BCUT2D eigenvalue weighted by atomic mass is 16.6. The van der Waals surface area contributed by atoms with Gasteiger partial charge in [-0.2, -0.15) is 10.2 Å². The number of benzene rings is 1. The fourth-order valence-electron chi connectivity index (χ4n) is 3.80. The zero-order valence-electron chi connectivity index (χ0n) is 19.5. The Labute approximate surface area is 204 Å². The van der Waals surface area contributed by atoms with E-state index in [1.54, 1.807) is 9.42 Å². The highest BCUT2D eigenvalue weighted by molar-refractivity contribution is 5.71. The molecule has 35 heavy (non-hydrogen) atoms. The van der Waals surface area contributed by atoms with Crippen LogP contribution in [0.1, 0.15) is 42.9 Å². The number of fused-ring (bicyclic) bond motifs is 1. The van der Waals surface area contributed by atoms with E-state index in [1.807, 2.05) is 48.7 Å². The van der Waals surface area contributed by atoms with Crippen molar-refractivity contribution in [3.8, 4) is 12.8 Å². The number of ether oxygens (including phenoxy) is 1. The second-order valence-electron chi connectivity index (χ2n) is 8.29. The molecule has 3 aromatic heterocycles. The summed E-state index contributed by atoms with van der Waals surface area (Å²) < 4.78 is 6.98. The van der Waals surface area contributed by atoms with E-state index in [9.17, 15) is 4.79 Å². The molecule has 0 radical (unpaired) electrons. The number of likely N-dealkylation sites (tertiary alicyclic amines) is 1. The summed E-state index contributed by atoms with van der Waals surface area (Å²) in [6.07, 6.45) is 16.0. The first kappa shape index (κ1) is 23.8. The average molecular weight is 472 g/mol. The summed E-state index contributed by atoms with van der Waals surface area (Å²) in [7, 11) is 0. The van der Waals surface area contributed by atoms with E-state index >= 15 is 0 Å². The van der Waals surface area contributed by atoms with Crippen molar-refractivity contribution in [3.05, 3.63) is 72.3 Å². The number of aromatic amines is 1. The molecule has 0 unspecified atom stereocenters. The molecule has 1 aromatic carbocycles. The molecule has 9 heteroatoms. The van der Waals surface area contributed by atoms with E-state index in [-0.39, 0.29) is 6.09 Å². The Morgan fingerprint density at radius 2 is 1.89 bits per heavy atom. The first-order valence-electron chi connectivity index (χ1n) is 11.7. The average Bonchev–Trinajstić information content (AvgIpc) is 3.29. The van der Waals surface area contributed by atoms with E-state index in [0.29, 0.717) is 12.5 Å². The summed E-state index contributed by atoms with van der Waals surface area (Å²) in [6, 6.07) is 15.7. The van der Waals surface area contributed by atoms with Gasteiger partial charge in [0.25, 0.3) is 0 Å². The maximum atomic E-state index is 11.5. The number of terminal acetylenes is 1. The lowest BCUT2D eigenvalue weighted by atomic mass is 10.2. The Morgan fingerprint density at radius 1 is 1.11 bits per heavy atom. The first-order chi connectivity index (χ1) is 17.3. The molecule has 4 aromatic rings. The number of amides is 1. The zero-order chi connectivity index (χ0) is 24.5. The molecule has 1 saturated carbocycles. The predicted octanol–water partition coefficient (Wildman–Crippen LogP) is 4.74. The van der Waals surface area contributed by atoms with Crippen LogP contribution < -0.4 is 5.32 Å². The third-order valence-corrected chi connectivity index (χ3v) is 5.76. The normalized spacial score (nSPS) is 14.4. The van der Waals surface area contributed by atoms with Gasteiger partial charge in [0.15, 0.2) is 11.6 Å². The van der Waals surface area contributed by atoms with Gasteiger partial charge in [-0.1, -0.05) is 30.3 Å². The maximum absolute atomic E-state index is 11.5. The summed E-state index contributed by atoms with van der Waals surface area (Å²) >= 11 is 0. The van der Waals surface area contributed by atoms with E-state index in [2.05, 4.69) is 44.5 Å². The van der Waals surface area contributed by atoms with Crippen LogP contribution in [0.2, 0.25) is 0 Å². The number of anilines is 2. The second kappa shape index (κ2) is 11.7. The molecule has 0 bridgehead atoms. The molecule has 1 aliphatic heterocycles. The number of nitrogens with one attached hydrogen (secondary N) is 2. The summed E-state index contributed by atoms with van der Waals surface area (Å²) in [5.41, 5.74) is 3.18. The number of nitrogens with zero attached hydrogens (tertiary/aromatic N) is 5. The van der Waals surface area contributed by atoms with Crippen LogP contribution in [0.4, 0.5) is 16.4 Å². The number of aromatic nitrogens is 5. The second-order valence-corrected chi connectivity index (χ2v) is 8.29. The number of hydrogen-bond donors (Lipinski definition) is 2. The van der Waals surface area contributed by atoms with Crippen molar-refractivity contribution in [1.29, 1.82) is 0 Å². The summed E-state index contributed by atoms with van der Waals surface area (Å²) in [6.45, 7) is 2.05. The zero-order valence-corrected chi connectivity index (χ0v) is 19.5. The molecule has 0 spiro atoms. The first-order valence-corrected chi connectivity index (χ1v) is 11.7. The molecule has 6 rings (SSSR count). The molecule has 2 aliphatic rings. The number of H-pyrrole nitrogens is 1. The Hall–Kier alpha value is -4.32. The monoisotopic (exact) mass is 471 g/mol. The van der Waals surface area contributed by atoms with Gasteiger partial charge in [-0.15, -0.1) is 12.8 Å². The van der Waals surface area contributed by atoms with Crippen molar-refractivity contribution in [2.45, 2.75) is 38.2 Å². The van der Waals surface area contributed by atoms with E-state index in [1.165, 1.54) is 24.9 Å². The lowest BCUT2D eigenvalue weighted by molar-refractivity contribution is 0.104. The largest absolute Gasteiger partial charge is 0.445 e. The molecule has 4 heterocycles. The van der Waals surface area contributed by atoms with Gasteiger partial charge in [0, 0.05) is 37.0 Å². The minimum absolute atomic E-state index is 0.184. The maximum Gasteiger partial charge on any atom is 0.410 e. The van der Waals surface area contributed by atoms with E-state index in [0.717, 1.165) is 48.6 Å². The Morgan fingerprint density at radius 3 is 2.63 bits per heavy atom. The van der Waals surface area contributed by atoms with Crippen molar-refractivity contribution in [3.63, 3.8) is 0 Å². The van der Waals surface area contributed by atoms with Gasteiger partial charge in [0.1, 0.15) is 18.5 Å². The fourth-order valence-corrected chi connectivity index (χ4v) is 3.80. The number of carbonyl (C=O) groups is 1. The predicted molar refractivity (Wildman–Crippen MR) is 134 cm³/mol. The molecule has 2 fully saturated rings. The van der Waals surface area contributed by atoms with Crippen LogP contribution >= 0.6 is 0 Å². The van der Waals surface area contributed by atoms with Gasteiger partial charge >= 0.3 is 6.09 Å². The van der Waals surface area contributed by atoms with Gasteiger partial charge in [0.2, 0.25) is 0 Å². The molecule has 2 N–H and O–H groups in total. The Kier molecular flexibility index (Phi) is 7.96. The highest BCUT2D eigenvalue weighted by Gasteiger charge is 2.25. The van der Waals surface area contributed by atoms with Gasteiger partial charge in [-0.3, -0.25) is 5.10 Å². The van der Waals surface area contributed by atoms with Gasteiger partial charge in [0.05, 0.1) is 0 Å². The van der Waals surface area contributed by atoms with Gasteiger partial charge in [-0.05, 0) is 43.4 Å². The quantitative estimate of drug-likeness (QED) is 0.408. The standard InChI is InChI=1S/C12H12N6.C12H15NO2.C2H2/c1-2-10-12(13-7-14-18(10)5-1)15-11-6-9(16-17-11)8-3-4-8;14-12(13-8-4-5-9-13)15-10-11-6-2-1-3-7-11;1-2/h1-2,5-8H,3-4H2,(H2,13,14,15,16,17);1-3,6-7H,4-5,8-10H2;1-2H. The van der Waals surface area contributed by atoms with Crippen molar-refractivity contribution < 1.29 is 9.53 Å². The van der Waals surface area contributed by atoms with Crippen molar-refractivity contribution in [2.24, 2.45) is 0 Å². The Bertz CT molecular complexity index is 1240. The third kappa shape index (κ3) is 6.38. The lowest BCUT2D eigenvalue weighted by Crippen LogP contribution is -2.28. The van der Waals surface area contributed by atoms with Crippen LogP contribution in [0.5, 0.6) is 0 Å². The molecule has 0 atom stereocenters. The molecule has 1 aliphatic carbocycles. The van der Waals surface area contributed by atoms with E-state index in [4.69, 9.17) is 4.74 Å². The minimum Gasteiger partial charge on any atom is -0.445 e. The van der Waals surface area contributed by atoms with Crippen molar-refractivity contribution >= 4 is 23.2 Å². The van der Waals surface area contributed by atoms with Crippen LogP contribution in [-0.2, 0) is 11.3 Å². The van der Waals surface area contributed by atoms with Gasteiger partial charge in [-0.25, -0.2) is 14.3 Å². The van der Waals surface area contributed by atoms with Gasteiger partial charge < -0.3 is 15.0 Å². The number of rotatable bonds is 5.